The Balaban J connectivity index is 0.000000758. The average Bonchev–Trinajstić information content (AvgIpc) is 3.26. The highest BCUT2D eigenvalue weighted by Gasteiger charge is 2.18. The molecule has 0 saturated heterocycles. The van der Waals surface area contributed by atoms with E-state index in [0.717, 1.165) is 36.2 Å². The van der Waals surface area contributed by atoms with Crippen LogP contribution in [-0.4, -0.2) is 45.7 Å². The lowest BCUT2D eigenvalue weighted by Crippen LogP contribution is -2.30. The predicted molar refractivity (Wildman–Crippen MR) is 93.1 cm³/mol. The highest BCUT2D eigenvalue weighted by atomic mass is 16.5. The van der Waals surface area contributed by atoms with Crippen LogP contribution in [0.2, 0.25) is 0 Å². The minimum atomic E-state index is -0.361. The fraction of sp³-hybridized carbons (Fsp3) is 0.412. The smallest absolute Gasteiger partial charge is 0.290 e. The summed E-state index contributed by atoms with van der Waals surface area (Å²) in [5.74, 6) is -0.361. The van der Waals surface area contributed by atoms with Crippen LogP contribution >= 0.6 is 0 Å². The Labute approximate surface area is 150 Å². The molecular formula is C17H22N4O5. The summed E-state index contributed by atoms with van der Waals surface area (Å²) in [5, 5.41) is 9.68. The first-order valence-electron chi connectivity index (χ1n) is 8.19. The van der Waals surface area contributed by atoms with E-state index in [1.54, 1.807) is 25.7 Å². The summed E-state index contributed by atoms with van der Waals surface area (Å²) in [5.41, 5.74) is 2.75. The molecule has 1 amide bonds. The van der Waals surface area contributed by atoms with Crippen molar-refractivity contribution < 1.29 is 19.4 Å². The summed E-state index contributed by atoms with van der Waals surface area (Å²) in [6, 6.07) is 1.72. The molecule has 2 aromatic heterocycles. The topological polar surface area (TPSA) is 126 Å². The third-order valence-corrected chi connectivity index (χ3v) is 4.10. The third-order valence-electron chi connectivity index (χ3n) is 4.10. The first kappa shape index (κ1) is 19.4. The average molecular weight is 362 g/mol. The van der Waals surface area contributed by atoms with Gasteiger partial charge < -0.3 is 24.7 Å². The molecule has 9 heteroatoms. The molecule has 0 spiro atoms. The van der Waals surface area contributed by atoms with Crippen LogP contribution < -0.4 is 10.9 Å². The Bertz CT molecular complexity index is 812. The van der Waals surface area contributed by atoms with Crippen molar-refractivity contribution in [3.05, 3.63) is 51.5 Å². The Morgan fingerprint density at radius 3 is 3.00 bits per heavy atom. The summed E-state index contributed by atoms with van der Waals surface area (Å²) in [7, 11) is 1.64. The normalized spacial score (nSPS) is 12.0. The van der Waals surface area contributed by atoms with E-state index in [4.69, 9.17) is 14.6 Å². The van der Waals surface area contributed by atoms with Gasteiger partial charge in [0.05, 0.1) is 25.2 Å². The molecule has 0 aromatic carbocycles. The van der Waals surface area contributed by atoms with E-state index < -0.39 is 0 Å². The second kappa shape index (κ2) is 9.52. The van der Waals surface area contributed by atoms with Gasteiger partial charge in [-0.15, -0.1) is 0 Å². The lowest BCUT2D eigenvalue weighted by molar-refractivity contribution is -0.122. The van der Waals surface area contributed by atoms with Gasteiger partial charge in [-0.1, -0.05) is 0 Å². The lowest BCUT2D eigenvalue weighted by Gasteiger charge is -2.09. The molecule has 0 radical (unpaired) electrons. The van der Waals surface area contributed by atoms with Crippen LogP contribution in [0.3, 0.4) is 0 Å². The van der Waals surface area contributed by atoms with Crippen molar-refractivity contribution in [2.75, 3.05) is 13.7 Å². The van der Waals surface area contributed by atoms with Gasteiger partial charge in [-0.05, 0) is 30.9 Å². The van der Waals surface area contributed by atoms with Crippen LogP contribution in [0, 0.1) is 0 Å². The summed E-state index contributed by atoms with van der Waals surface area (Å²) in [4.78, 5) is 39.6. The van der Waals surface area contributed by atoms with Gasteiger partial charge in [-0.25, -0.2) is 4.98 Å². The van der Waals surface area contributed by atoms with Gasteiger partial charge in [-0.3, -0.25) is 14.4 Å². The minimum absolute atomic E-state index is 0.175. The van der Waals surface area contributed by atoms with E-state index in [0.29, 0.717) is 19.7 Å². The molecule has 3 rings (SSSR count). The van der Waals surface area contributed by atoms with E-state index in [9.17, 15) is 9.59 Å². The zero-order valence-corrected chi connectivity index (χ0v) is 14.5. The number of carbonyl (C=O) groups excluding carboxylic acids is 1. The SMILES string of the molecule is COCCn1cncc1CNC(=O)c1cc2c([nH]c1=O)CCC2.O=CO. The standard InChI is InChI=1S/C16H20N4O3.CH2O2/c1-23-6-5-20-10-17-8-12(20)9-18-15(21)13-7-11-3-2-4-14(11)19-16(13)22;2-1-3/h7-8,10H,2-6,9H2,1H3,(H,18,21)(H,19,22);1H,(H,2,3). The van der Waals surface area contributed by atoms with Crippen molar-refractivity contribution in [3.8, 4) is 0 Å². The van der Waals surface area contributed by atoms with Crippen LogP contribution in [0.5, 0.6) is 0 Å². The zero-order valence-electron chi connectivity index (χ0n) is 14.5. The van der Waals surface area contributed by atoms with E-state index in [1.807, 2.05) is 4.57 Å². The maximum absolute atomic E-state index is 12.3. The number of methoxy groups -OCH3 is 1. The first-order valence-corrected chi connectivity index (χ1v) is 8.19. The number of carbonyl (C=O) groups is 2. The second-order valence-corrected chi connectivity index (χ2v) is 5.73. The van der Waals surface area contributed by atoms with E-state index in [1.165, 1.54) is 0 Å². The molecule has 9 nitrogen and oxygen atoms in total. The maximum atomic E-state index is 12.3. The quantitative estimate of drug-likeness (QED) is 0.636. The number of ether oxygens (including phenoxy) is 1. The number of fused-ring (bicyclic) bond motifs is 1. The molecule has 3 N–H and O–H groups in total. The van der Waals surface area contributed by atoms with E-state index in [2.05, 4.69) is 15.3 Å². The van der Waals surface area contributed by atoms with Crippen LogP contribution in [0.15, 0.2) is 23.4 Å². The fourth-order valence-corrected chi connectivity index (χ4v) is 2.83. The van der Waals surface area contributed by atoms with Crippen molar-refractivity contribution in [2.45, 2.75) is 32.4 Å². The molecule has 0 saturated carbocycles. The number of hydrogen-bond acceptors (Lipinski definition) is 5. The Hall–Kier alpha value is -2.94. The highest BCUT2D eigenvalue weighted by Crippen LogP contribution is 2.18. The van der Waals surface area contributed by atoms with E-state index >= 15 is 0 Å². The Kier molecular flexibility index (Phi) is 7.10. The van der Waals surface area contributed by atoms with Crippen LogP contribution in [0.25, 0.3) is 0 Å². The number of carboxylic acid groups (broad SMARTS) is 1. The van der Waals surface area contributed by atoms with Crippen molar-refractivity contribution >= 4 is 12.4 Å². The summed E-state index contributed by atoms with van der Waals surface area (Å²) in [6.07, 6.45) is 6.21. The largest absolute Gasteiger partial charge is 0.483 e. The molecule has 26 heavy (non-hydrogen) atoms. The van der Waals surface area contributed by atoms with Gasteiger partial charge in [0.15, 0.2) is 0 Å². The van der Waals surface area contributed by atoms with E-state index in [-0.39, 0.29) is 23.5 Å². The van der Waals surface area contributed by atoms with Crippen molar-refractivity contribution in [1.82, 2.24) is 19.9 Å². The monoisotopic (exact) mass is 362 g/mol. The second-order valence-electron chi connectivity index (χ2n) is 5.73. The summed E-state index contributed by atoms with van der Waals surface area (Å²) >= 11 is 0. The predicted octanol–water partition coefficient (Wildman–Crippen LogP) is 0.337. The van der Waals surface area contributed by atoms with Crippen molar-refractivity contribution in [2.24, 2.45) is 0 Å². The number of aromatic nitrogens is 3. The molecule has 0 bridgehead atoms. The Morgan fingerprint density at radius 2 is 2.27 bits per heavy atom. The number of imidazole rings is 1. The number of nitrogens with one attached hydrogen (secondary N) is 2. The molecule has 1 aliphatic carbocycles. The molecule has 2 heterocycles. The molecule has 0 aliphatic heterocycles. The molecule has 0 fully saturated rings. The number of H-pyrrole nitrogens is 1. The number of nitrogens with zero attached hydrogens (tertiary/aromatic N) is 2. The van der Waals surface area contributed by atoms with Gasteiger partial charge in [0.2, 0.25) is 0 Å². The number of aryl methyl sites for hydroxylation is 2. The molecule has 2 aromatic rings. The molecule has 140 valence electrons. The first-order chi connectivity index (χ1) is 12.6. The molecule has 1 aliphatic rings. The van der Waals surface area contributed by atoms with Crippen LogP contribution in [0.1, 0.15) is 33.7 Å². The van der Waals surface area contributed by atoms with Crippen molar-refractivity contribution in [1.29, 1.82) is 0 Å². The van der Waals surface area contributed by atoms with Gasteiger partial charge in [0.25, 0.3) is 17.9 Å². The summed E-state index contributed by atoms with van der Waals surface area (Å²) in [6.45, 7) is 1.31. The molecule has 0 unspecified atom stereocenters. The number of aromatic amines is 1. The Morgan fingerprint density at radius 1 is 1.50 bits per heavy atom. The van der Waals surface area contributed by atoms with Crippen LogP contribution in [-0.2, 0) is 35.5 Å². The molecule has 0 atom stereocenters. The summed E-state index contributed by atoms with van der Waals surface area (Å²) < 4.78 is 6.96. The van der Waals surface area contributed by atoms with Gasteiger partial charge in [0, 0.05) is 25.5 Å². The fourth-order valence-electron chi connectivity index (χ4n) is 2.83. The maximum Gasteiger partial charge on any atom is 0.290 e. The third kappa shape index (κ3) is 4.79. The minimum Gasteiger partial charge on any atom is -0.483 e. The molecular weight excluding hydrogens is 340 g/mol. The van der Waals surface area contributed by atoms with Gasteiger partial charge >= 0.3 is 0 Å². The number of amides is 1. The number of pyridine rings is 1. The van der Waals surface area contributed by atoms with Crippen molar-refractivity contribution in [3.63, 3.8) is 0 Å². The van der Waals surface area contributed by atoms with Crippen LogP contribution in [0.4, 0.5) is 0 Å². The lowest BCUT2D eigenvalue weighted by atomic mass is 10.1. The number of hydrogen-bond donors (Lipinski definition) is 3. The zero-order chi connectivity index (χ0) is 18.9. The highest BCUT2D eigenvalue weighted by molar-refractivity contribution is 5.94. The van der Waals surface area contributed by atoms with Gasteiger partial charge in [-0.2, -0.15) is 0 Å². The number of rotatable bonds is 6. The van der Waals surface area contributed by atoms with Gasteiger partial charge in [0.1, 0.15) is 5.56 Å².